The maximum Gasteiger partial charge on any atom is 0.228 e. The lowest BCUT2D eigenvalue weighted by molar-refractivity contribution is -0.142. The highest BCUT2D eigenvalue weighted by atomic mass is 32.2. The number of carbonyl (C=O) groups excluding carboxylic acids is 2. The molecule has 2 aromatic heterocycles. The number of amides is 2. The molecule has 1 saturated heterocycles. The van der Waals surface area contributed by atoms with Gasteiger partial charge in [-0.25, -0.2) is 0 Å². The van der Waals surface area contributed by atoms with Crippen LogP contribution in [0.25, 0.3) is 17.1 Å². The van der Waals surface area contributed by atoms with Crippen molar-refractivity contribution < 1.29 is 9.59 Å². The van der Waals surface area contributed by atoms with E-state index in [1.807, 2.05) is 52.4 Å². The van der Waals surface area contributed by atoms with E-state index >= 15 is 0 Å². The summed E-state index contributed by atoms with van der Waals surface area (Å²) in [6.45, 7) is 5.93. The van der Waals surface area contributed by atoms with Gasteiger partial charge in [0.05, 0.1) is 6.42 Å². The van der Waals surface area contributed by atoms with Crippen molar-refractivity contribution in [2.24, 2.45) is 0 Å². The highest BCUT2D eigenvalue weighted by Crippen LogP contribution is 2.29. The molecule has 1 fully saturated rings. The quantitative estimate of drug-likeness (QED) is 0.175. The second kappa shape index (κ2) is 13.3. The molecule has 0 spiro atoms. The second-order valence-electron chi connectivity index (χ2n) is 10.2. The summed E-state index contributed by atoms with van der Waals surface area (Å²) in [7, 11) is 0. The Morgan fingerprint density at radius 2 is 1.75 bits per heavy atom. The van der Waals surface area contributed by atoms with Gasteiger partial charge >= 0.3 is 0 Å². The lowest BCUT2D eigenvalue weighted by Crippen LogP contribution is -2.55. The molecule has 1 unspecified atom stereocenters. The zero-order chi connectivity index (χ0) is 27.9. The molecule has 208 valence electrons. The molecule has 1 aliphatic rings. The molecule has 0 radical (unpaired) electrons. The van der Waals surface area contributed by atoms with Gasteiger partial charge in [-0.05, 0) is 50.3 Å². The molecule has 0 saturated carbocycles. The number of hydrogen-bond acceptors (Lipinski definition) is 6. The third-order valence-electron chi connectivity index (χ3n) is 7.18. The minimum Gasteiger partial charge on any atom is -0.339 e. The zero-order valence-electron chi connectivity index (χ0n) is 23.0. The van der Waals surface area contributed by atoms with Gasteiger partial charge in [0, 0.05) is 54.0 Å². The van der Waals surface area contributed by atoms with E-state index < -0.39 is 0 Å². The summed E-state index contributed by atoms with van der Waals surface area (Å²) in [5.41, 5.74) is 3.27. The van der Waals surface area contributed by atoms with Crippen LogP contribution in [-0.4, -0.2) is 67.8 Å². The van der Waals surface area contributed by atoms with Crippen LogP contribution in [0, 0.1) is 6.92 Å². The molecule has 0 N–H and O–H groups in total. The molecular weight excluding hydrogens is 539 g/mol. The molecule has 0 aliphatic carbocycles. The Morgan fingerprint density at radius 3 is 2.48 bits per heavy atom. The number of benzene rings is 2. The molecule has 0 bridgehead atoms. The molecule has 9 heteroatoms. The fraction of sp³-hybridized carbons (Fsp3) is 0.355. The third-order valence-corrected chi connectivity index (χ3v) is 9.07. The van der Waals surface area contributed by atoms with E-state index in [0.29, 0.717) is 32.5 Å². The van der Waals surface area contributed by atoms with Crippen LogP contribution in [0.3, 0.4) is 0 Å². The first kappa shape index (κ1) is 28.1. The minimum absolute atomic E-state index is 0.0349. The van der Waals surface area contributed by atoms with Crippen molar-refractivity contribution in [1.29, 1.82) is 0 Å². The molecule has 2 amide bonds. The fourth-order valence-electron chi connectivity index (χ4n) is 4.98. The third kappa shape index (κ3) is 6.82. The van der Waals surface area contributed by atoms with Crippen LogP contribution in [0.15, 0.2) is 77.3 Å². The molecule has 1 atom stereocenters. The van der Waals surface area contributed by atoms with Gasteiger partial charge in [0.1, 0.15) is 0 Å². The minimum atomic E-state index is 0.0349. The van der Waals surface area contributed by atoms with Gasteiger partial charge in [0.25, 0.3) is 0 Å². The van der Waals surface area contributed by atoms with Gasteiger partial charge in [-0.3, -0.25) is 14.2 Å². The number of aromatic nitrogens is 3. The number of piperazine rings is 1. The summed E-state index contributed by atoms with van der Waals surface area (Å²) in [5, 5.41) is 11.9. The van der Waals surface area contributed by atoms with Crippen LogP contribution in [0.4, 0.5) is 0 Å². The predicted molar refractivity (Wildman–Crippen MR) is 162 cm³/mol. The van der Waals surface area contributed by atoms with E-state index in [-0.39, 0.29) is 17.9 Å². The first-order chi connectivity index (χ1) is 19.5. The lowest BCUT2D eigenvalue weighted by Gasteiger charge is -2.40. The maximum absolute atomic E-state index is 12.9. The van der Waals surface area contributed by atoms with E-state index in [1.54, 1.807) is 23.1 Å². The Bertz CT molecular complexity index is 1400. The number of thioether (sulfide) groups is 1. The van der Waals surface area contributed by atoms with Crippen molar-refractivity contribution in [3.05, 3.63) is 82.6 Å². The van der Waals surface area contributed by atoms with Crippen molar-refractivity contribution in [3.8, 4) is 17.1 Å². The Balaban J connectivity index is 1.11. The average Bonchev–Trinajstić information content (AvgIpc) is 3.64. The van der Waals surface area contributed by atoms with E-state index in [1.165, 1.54) is 5.56 Å². The van der Waals surface area contributed by atoms with Crippen molar-refractivity contribution in [1.82, 2.24) is 24.6 Å². The van der Waals surface area contributed by atoms with Gasteiger partial charge < -0.3 is 9.80 Å². The van der Waals surface area contributed by atoms with Crippen LogP contribution >= 0.6 is 23.1 Å². The largest absolute Gasteiger partial charge is 0.339 e. The van der Waals surface area contributed by atoms with Crippen LogP contribution < -0.4 is 0 Å². The molecular formula is C31H35N5O2S2. The van der Waals surface area contributed by atoms with Crippen molar-refractivity contribution in [2.75, 3.05) is 25.4 Å². The van der Waals surface area contributed by atoms with Crippen molar-refractivity contribution in [3.63, 3.8) is 0 Å². The standard InChI is InChI=1S/C31H35N5O2S2/c1-23-13-15-26(16-14-23)36-30(25-9-4-3-5-10-25)32-33-31(36)40-19-7-6-12-28(37)34-17-18-35(24(2)22-34)29(38)21-27-11-8-20-39-27/h3-5,8-11,13-16,20,24H,6-7,12,17-19,21-22H2,1-2H3. The maximum atomic E-state index is 12.9. The summed E-state index contributed by atoms with van der Waals surface area (Å²) in [6, 6.07) is 22.5. The number of rotatable bonds is 10. The van der Waals surface area contributed by atoms with Gasteiger partial charge in [-0.2, -0.15) is 0 Å². The molecule has 40 heavy (non-hydrogen) atoms. The van der Waals surface area contributed by atoms with Gasteiger partial charge in [-0.1, -0.05) is 65.9 Å². The first-order valence-electron chi connectivity index (χ1n) is 13.8. The highest BCUT2D eigenvalue weighted by Gasteiger charge is 2.29. The second-order valence-corrected chi connectivity index (χ2v) is 12.3. The van der Waals surface area contributed by atoms with Crippen molar-refractivity contribution >= 4 is 34.9 Å². The lowest BCUT2D eigenvalue weighted by atomic mass is 10.1. The molecule has 7 nitrogen and oxygen atoms in total. The highest BCUT2D eigenvalue weighted by molar-refractivity contribution is 7.99. The smallest absolute Gasteiger partial charge is 0.228 e. The number of carbonyl (C=O) groups is 2. The number of aryl methyl sites for hydroxylation is 1. The van der Waals surface area contributed by atoms with E-state index in [4.69, 9.17) is 0 Å². The van der Waals surface area contributed by atoms with Crippen LogP contribution in [-0.2, 0) is 16.0 Å². The topological polar surface area (TPSA) is 71.3 Å². The van der Waals surface area contributed by atoms with E-state index in [9.17, 15) is 9.59 Å². The monoisotopic (exact) mass is 573 g/mol. The summed E-state index contributed by atoms with van der Waals surface area (Å²) >= 11 is 3.29. The van der Waals surface area contributed by atoms with E-state index in [0.717, 1.165) is 45.7 Å². The Kier molecular flexibility index (Phi) is 9.34. The SMILES string of the molecule is Cc1ccc(-n2c(SCCCCC(=O)N3CCN(C(=O)Cc4cccs4)C(C)C3)nnc2-c2ccccc2)cc1. The number of thiophene rings is 1. The van der Waals surface area contributed by atoms with Gasteiger partial charge in [-0.15, -0.1) is 21.5 Å². The summed E-state index contributed by atoms with van der Waals surface area (Å²) in [4.78, 5) is 30.6. The summed E-state index contributed by atoms with van der Waals surface area (Å²) < 4.78 is 2.12. The van der Waals surface area contributed by atoms with Crippen LogP contribution in [0.1, 0.15) is 36.6 Å². The molecule has 5 rings (SSSR count). The number of hydrogen-bond donors (Lipinski definition) is 0. The van der Waals surface area contributed by atoms with Gasteiger partial charge in [0.2, 0.25) is 11.8 Å². The molecule has 3 heterocycles. The summed E-state index contributed by atoms with van der Waals surface area (Å²) in [5.74, 6) is 2.00. The zero-order valence-corrected chi connectivity index (χ0v) is 24.7. The Labute approximate surface area is 244 Å². The molecule has 1 aliphatic heterocycles. The Morgan fingerprint density at radius 1 is 0.950 bits per heavy atom. The normalized spacial score (nSPS) is 15.4. The fourth-order valence-corrected chi connectivity index (χ4v) is 6.63. The van der Waals surface area contributed by atoms with Crippen molar-refractivity contribution in [2.45, 2.75) is 50.7 Å². The van der Waals surface area contributed by atoms with Crippen LogP contribution in [0.2, 0.25) is 0 Å². The number of unbranched alkanes of at least 4 members (excludes halogenated alkanes) is 1. The van der Waals surface area contributed by atoms with Crippen LogP contribution in [0.5, 0.6) is 0 Å². The number of nitrogens with zero attached hydrogens (tertiary/aromatic N) is 5. The predicted octanol–water partition coefficient (Wildman–Crippen LogP) is 5.87. The molecule has 2 aromatic carbocycles. The average molecular weight is 574 g/mol. The first-order valence-corrected chi connectivity index (χ1v) is 15.7. The van der Waals surface area contributed by atoms with Gasteiger partial charge in [0.15, 0.2) is 11.0 Å². The van der Waals surface area contributed by atoms with E-state index in [2.05, 4.69) is 58.1 Å². The summed E-state index contributed by atoms with van der Waals surface area (Å²) in [6.07, 6.45) is 2.70. The molecule has 4 aromatic rings. The Hall–Kier alpha value is -3.43.